The van der Waals surface area contributed by atoms with E-state index in [-0.39, 0.29) is 29.8 Å². The normalized spacial score (nSPS) is 22.0. The molecule has 2 atom stereocenters. The van der Waals surface area contributed by atoms with Gasteiger partial charge in [-0.15, -0.1) is 0 Å². The van der Waals surface area contributed by atoms with Gasteiger partial charge in [-0.1, -0.05) is 32.0 Å². The predicted molar refractivity (Wildman–Crippen MR) is 130 cm³/mol. The lowest BCUT2D eigenvalue weighted by molar-refractivity contribution is -0.137. The molecule has 1 amide bonds. The summed E-state index contributed by atoms with van der Waals surface area (Å²) in [6.07, 6.45) is 0.734. The van der Waals surface area contributed by atoms with E-state index in [1.165, 1.54) is 11.6 Å². The van der Waals surface area contributed by atoms with Gasteiger partial charge in [-0.2, -0.15) is 13.2 Å². The zero-order valence-corrected chi connectivity index (χ0v) is 20.6. The Balaban J connectivity index is 1.38. The summed E-state index contributed by atoms with van der Waals surface area (Å²) in [6, 6.07) is 13.1. The molecule has 0 aromatic heterocycles. The average Bonchev–Trinajstić information content (AvgIpc) is 3.09. The van der Waals surface area contributed by atoms with Gasteiger partial charge in [0.25, 0.3) is 5.91 Å². The molecule has 2 heterocycles. The highest BCUT2D eigenvalue weighted by Crippen LogP contribution is 2.39. The largest absolute Gasteiger partial charge is 0.490 e. The Morgan fingerprint density at radius 3 is 2.20 bits per heavy atom. The average molecular weight is 489 g/mol. The molecule has 2 fully saturated rings. The van der Waals surface area contributed by atoms with Gasteiger partial charge in [0.1, 0.15) is 11.9 Å². The lowest BCUT2D eigenvalue weighted by atomic mass is 9.98. The van der Waals surface area contributed by atoms with Gasteiger partial charge in [0.05, 0.1) is 5.56 Å². The fourth-order valence-electron chi connectivity index (χ4n) is 5.56. The Kier molecular flexibility index (Phi) is 8.05. The van der Waals surface area contributed by atoms with Crippen LogP contribution in [0.15, 0.2) is 48.5 Å². The molecule has 0 radical (unpaired) electrons. The van der Waals surface area contributed by atoms with E-state index in [0.717, 1.165) is 57.5 Å². The van der Waals surface area contributed by atoms with Crippen LogP contribution in [0.4, 0.5) is 13.2 Å². The minimum Gasteiger partial charge on any atom is -0.490 e. The Hall–Kier alpha value is -2.54. The predicted octanol–water partition coefficient (Wildman–Crippen LogP) is 6.54. The Morgan fingerprint density at radius 2 is 1.63 bits per heavy atom. The molecular weight excluding hydrogens is 453 g/mol. The molecule has 4 nitrogen and oxygen atoms in total. The van der Waals surface area contributed by atoms with E-state index in [9.17, 15) is 18.0 Å². The van der Waals surface area contributed by atoms with E-state index in [2.05, 4.69) is 30.9 Å². The Bertz CT molecular complexity index is 972. The molecule has 35 heavy (non-hydrogen) atoms. The van der Waals surface area contributed by atoms with Crippen LogP contribution in [0.3, 0.4) is 0 Å². The van der Waals surface area contributed by atoms with Gasteiger partial charge in [-0.3, -0.25) is 9.69 Å². The number of hydrogen-bond acceptors (Lipinski definition) is 3. The van der Waals surface area contributed by atoms with E-state index in [1.54, 1.807) is 6.07 Å². The molecule has 2 aliphatic heterocycles. The first-order valence-electron chi connectivity index (χ1n) is 12.8. The fourth-order valence-corrected chi connectivity index (χ4v) is 5.56. The van der Waals surface area contributed by atoms with Crippen LogP contribution >= 0.6 is 0 Å². The summed E-state index contributed by atoms with van der Waals surface area (Å²) in [7, 11) is 0. The summed E-state index contributed by atoms with van der Waals surface area (Å²) in [5.74, 6) is 0.278. The summed E-state index contributed by atoms with van der Waals surface area (Å²) in [4.78, 5) is 17.8. The number of carbonyl (C=O) groups excluding carboxylic acids is 1. The van der Waals surface area contributed by atoms with E-state index in [4.69, 9.17) is 4.74 Å². The van der Waals surface area contributed by atoms with Gasteiger partial charge >= 0.3 is 6.18 Å². The molecule has 2 aromatic carbocycles. The number of amides is 1. The maximum Gasteiger partial charge on any atom is 0.416 e. The van der Waals surface area contributed by atoms with Gasteiger partial charge < -0.3 is 9.64 Å². The van der Waals surface area contributed by atoms with Crippen molar-refractivity contribution >= 4 is 5.91 Å². The highest BCUT2D eigenvalue weighted by molar-refractivity contribution is 5.95. The van der Waals surface area contributed by atoms with Crippen LogP contribution in [0.25, 0.3) is 0 Å². The minimum atomic E-state index is -4.39. The van der Waals surface area contributed by atoms with Crippen LogP contribution in [0.5, 0.6) is 5.75 Å². The first-order valence-corrected chi connectivity index (χ1v) is 12.8. The van der Waals surface area contributed by atoms with Crippen molar-refractivity contribution in [3.63, 3.8) is 0 Å². The van der Waals surface area contributed by atoms with Crippen LogP contribution in [0.2, 0.25) is 0 Å². The molecule has 4 rings (SSSR count). The molecule has 0 spiro atoms. The van der Waals surface area contributed by atoms with Gasteiger partial charge in [-0.25, -0.2) is 0 Å². The van der Waals surface area contributed by atoms with Crippen molar-refractivity contribution in [3.05, 3.63) is 65.2 Å². The second-order valence-corrected chi connectivity index (χ2v) is 9.81. The molecule has 2 aromatic rings. The topological polar surface area (TPSA) is 32.8 Å². The first-order chi connectivity index (χ1) is 16.8. The van der Waals surface area contributed by atoms with E-state index >= 15 is 0 Å². The number of benzene rings is 2. The fraction of sp³-hybridized carbons (Fsp3) is 0.536. The van der Waals surface area contributed by atoms with E-state index in [1.807, 2.05) is 17.0 Å². The first kappa shape index (κ1) is 25.5. The highest BCUT2D eigenvalue weighted by atomic mass is 19.4. The molecule has 0 N–H and O–H groups in total. The number of piperidine rings is 1. The van der Waals surface area contributed by atoms with Crippen molar-refractivity contribution in [3.8, 4) is 5.75 Å². The zero-order chi connectivity index (χ0) is 25.0. The highest BCUT2D eigenvalue weighted by Gasteiger charge is 2.44. The number of nitrogens with zero attached hydrogens (tertiary/aromatic N) is 2. The maximum absolute atomic E-state index is 13.4. The maximum atomic E-state index is 13.4. The number of rotatable bonds is 9. The van der Waals surface area contributed by atoms with Crippen molar-refractivity contribution in [1.82, 2.24) is 9.80 Å². The Labute approximate surface area is 206 Å². The van der Waals surface area contributed by atoms with Gasteiger partial charge in [0.15, 0.2) is 0 Å². The lowest BCUT2D eigenvalue weighted by Gasteiger charge is -2.39. The SMILES string of the molecule is CCCN(CCC)Cc1ccc(C(=O)N2C3CCC2CC(Oc2cccc(C(F)(F)F)c2)C3)cc1. The molecule has 7 heteroatoms. The number of hydrogen-bond donors (Lipinski definition) is 0. The molecule has 2 aliphatic rings. The van der Waals surface area contributed by atoms with Gasteiger partial charge in [-0.05, 0) is 74.7 Å². The molecule has 2 unspecified atom stereocenters. The smallest absolute Gasteiger partial charge is 0.416 e. The summed E-state index contributed by atoms with van der Waals surface area (Å²) in [6.45, 7) is 7.39. The molecule has 2 bridgehead atoms. The summed E-state index contributed by atoms with van der Waals surface area (Å²) in [5, 5.41) is 0. The monoisotopic (exact) mass is 488 g/mol. The summed E-state index contributed by atoms with van der Waals surface area (Å²) >= 11 is 0. The molecule has 0 aliphatic carbocycles. The third-order valence-electron chi connectivity index (χ3n) is 7.08. The standard InChI is InChI=1S/C28H35F3N2O2/c1-3-14-32(15-4-2)19-20-8-10-21(11-9-20)27(34)33-23-12-13-24(33)18-26(17-23)35-25-7-5-6-22(16-25)28(29,30)31/h5-11,16,23-24,26H,3-4,12-15,17-19H2,1-2H3. The van der Waals surface area contributed by atoms with Crippen LogP contribution in [0, 0.1) is 0 Å². The van der Waals surface area contributed by atoms with Crippen molar-refractivity contribution in [1.29, 1.82) is 0 Å². The zero-order valence-electron chi connectivity index (χ0n) is 20.6. The third kappa shape index (κ3) is 6.18. The van der Waals surface area contributed by atoms with Gasteiger partial charge in [0, 0.05) is 37.0 Å². The number of fused-ring (bicyclic) bond motifs is 2. The molecule has 190 valence electrons. The number of halogens is 3. The minimum absolute atomic E-state index is 0.0422. The molecular formula is C28H35F3N2O2. The number of carbonyl (C=O) groups is 1. The number of ether oxygens (including phenoxy) is 1. The second-order valence-electron chi connectivity index (χ2n) is 9.81. The van der Waals surface area contributed by atoms with Crippen LogP contribution in [-0.2, 0) is 12.7 Å². The van der Waals surface area contributed by atoms with Crippen LogP contribution < -0.4 is 4.74 Å². The third-order valence-corrected chi connectivity index (χ3v) is 7.08. The summed E-state index contributed by atoms with van der Waals surface area (Å²) < 4.78 is 45.1. The van der Waals surface area contributed by atoms with Crippen molar-refractivity contribution in [2.45, 2.75) is 83.3 Å². The van der Waals surface area contributed by atoms with Crippen molar-refractivity contribution in [2.75, 3.05) is 13.1 Å². The van der Waals surface area contributed by atoms with Crippen LogP contribution in [0.1, 0.15) is 73.9 Å². The van der Waals surface area contributed by atoms with E-state index in [0.29, 0.717) is 18.4 Å². The number of alkyl halides is 3. The Morgan fingerprint density at radius 1 is 1.00 bits per heavy atom. The molecule has 0 saturated carbocycles. The van der Waals surface area contributed by atoms with Gasteiger partial charge in [0.2, 0.25) is 0 Å². The lowest BCUT2D eigenvalue weighted by Crippen LogP contribution is -2.49. The van der Waals surface area contributed by atoms with Crippen LogP contribution in [-0.4, -0.2) is 47.0 Å². The molecule has 2 saturated heterocycles. The quantitative estimate of drug-likeness (QED) is 0.402. The van der Waals surface area contributed by atoms with E-state index < -0.39 is 11.7 Å². The van der Waals surface area contributed by atoms with Crippen molar-refractivity contribution < 1.29 is 22.7 Å². The summed E-state index contributed by atoms with van der Waals surface area (Å²) in [5.41, 5.74) is 1.20. The second kappa shape index (κ2) is 11.0. The van der Waals surface area contributed by atoms with Crippen molar-refractivity contribution in [2.24, 2.45) is 0 Å².